The molecule has 0 radical (unpaired) electrons. The molecule has 0 amide bonds. The van der Waals surface area contributed by atoms with Gasteiger partial charge in [0.15, 0.2) is 5.78 Å². The molecule has 1 heterocycles. The Morgan fingerprint density at radius 1 is 1.27 bits per heavy atom. The molecule has 1 N–H and O–H groups in total. The second-order valence-electron chi connectivity index (χ2n) is 5.92. The van der Waals surface area contributed by atoms with Gasteiger partial charge in [0.25, 0.3) is 5.56 Å². The van der Waals surface area contributed by atoms with Crippen molar-refractivity contribution in [2.45, 2.75) is 40.2 Å². The summed E-state index contributed by atoms with van der Waals surface area (Å²) in [5.41, 5.74) is -0.221. The molecule has 0 aliphatic carbocycles. The monoisotopic (exact) mass is 354 g/mol. The lowest BCUT2D eigenvalue weighted by Crippen LogP contribution is -2.26. The molecule has 26 heavy (non-hydrogen) atoms. The normalized spacial score (nSPS) is 10.4. The van der Waals surface area contributed by atoms with E-state index < -0.39 is 17.2 Å². The van der Waals surface area contributed by atoms with Crippen LogP contribution in [0, 0.1) is 18.3 Å². The number of carbonyl (C=O) groups is 1. The zero-order chi connectivity index (χ0) is 19.3. The van der Waals surface area contributed by atoms with Crippen molar-refractivity contribution in [1.29, 1.82) is 5.26 Å². The molecule has 0 aliphatic rings. The highest BCUT2D eigenvalue weighted by molar-refractivity contribution is 6.11. The van der Waals surface area contributed by atoms with E-state index in [1.54, 1.807) is 31.2 Å². The molecule has 1 aromatic heterocycles. The maximum Gasteiger partial charge on any atom is 0.271 e. The van der Waals surface area contributed by atoms with Gasteiger partial charge in [0.2, 0.25) is 5.88 Å². The predicted molar refractivity (Wildman–Crippen MR) is 97.8 cm³/mol. The average Bonchev–Trinajstić information content (AvgIpc) is 2.63. The largest absolute Gasteiger partial charge is 0.494 e. The quantitative estimate of drug-likeness (QED) is 0.609. The molecule has 0 saturated carbocycles. The van der Waals surface area contributed by atoms with Crippen molar-refractivity contribution >= 4 is 5.78 Å². The second-order valence-corrected chi connectivity index (χ2v) is 5.92. The first-order chi connectivity index (χ1) is 12.5. The summed E-state index contributed by atoms with van der Waals surface area (Å²) in [5.74, 6) is -0.201. The summed E-state index contributed by atoms with van der Waals surface area (Å²) in [6, 6.07) is 8.43. The minimum Gasteiger partial charge on any atom is -0.494 e. The van der Waals surface area contributed by atoms with E-state index in [0.717, 1.165) is 17.4 Å². The molecule has 136 valence electrons. The molecule has 0 bridgehead atoms. The van der Waals surface area contributed by atoms with Crippen LogP contribution in [0.5, 0.6) is 11.6 Å². The van der Waals surface area contributed by atoms with Gasteiger partial charge in [0.1, 0.15) is 17.4 Å². The van der Waals surface area contributed by atoms with Gasteiger partial charge < -0.3 is 9.84 Å². The van der Waals surface area contributed by atoms with Crippen molar-refractivity contribution in [3.05, 3.63) is 56.9 Å². The number of unbranched alkanes of at least 4 members (excludes halogenated alkanes) is 1. The smallest absolute Gasteiger partial charge is 0.271 e. The highest BCUT2D eigenvalue weighted by Crippen LogP contribution is 2.25. The van der Waals surface area contributed by atoms with Gasteiger partial charge in [-0.1, -0.05) is 13.3 Å². The van der Waals surface area contributed by atoms with Gasteiger partial charge in [0.05, 0.1) is 12.2 Å². The van der Waals surface area contributed by atoms with Crippen LogP contribution in [0.4, 0.5) is 0 Å². The van der Waals surface area contributed by atoms with Crippen molar-refractivity contribution in [1.82, 2.24) is 4.57 Å². The van der Waals surface area contributed by atoms with E-state index in [4.69, 9.17) is 4.74 Å². The molecule has 6 heteroatoms. The molecule has 0 spiro atoms. The van der Waals surface area contributed by atoms with Crippen molar-refractivity contribution < 1.29 is 14.6 Å². The fraction of sp³-hybridized carbons (Fsp3) is 0.350. The van der Waals surface area contributed by atoms with Crippen LogP contribution >= 0.6 is 0 Å². The maximum absolute atomic E-state index is 12.9. The third kappa shape index (κ3) is 3.62. The number of aromatic nitrogens is 1. The van der Waals surface area contributed by atoms with Gasteiger partial charge in [-0.2, -0.15) is 5.26 Å². The SMILES string of the molecule is CCCCOc1ccc(C(=O)c2c(C)c(C#N)c(=O)n(CC)c2O)cc1. The van der Waals surface area contributed by atoms with Crippen LogP contribution in [-0.2, 0) is 6.54 Å². The van der Waals surface area contributed by atoms with Gasteiger partial charge in [-0.15, -0.1) is 0 Å². The number of nitrogens with zero attached hydrogens (tertiary/aromatic N) is 2. The van der Waals surface area contributed by atoms with Crippen molar-refractivity contribution in [2.75, 3.05) is 6.61 Å². The summed E-state index contributed by atoms with van der Waals surface area (Å²) in [7, 11) is 0. The lowest BCUT2D eigenvalue weighted by molar-refractivity contribution is 0.103. The lowest BCUT2D eigenvalue weighted by Gasteiger charge is -2.14. The molecule has 0 saturated heterocycles. The molecule has 1 aromatic carbocycles. The third-order valence-electron chi connectivity index (χ3n) is 4.23. The number of rotatable bonds is 7. The predicted octanol–water partition coefficient (Wildman–Crippen LogP) is 3.16. The summed E-state index contributed by atoms with van der Waals surface area (Å²) in [4.78, 5) is 25.1. The Labute approximate surface area is 152 Å². The van der Waals surface area contributed by atoms with Crippen LogP contribution in [-0.4, -0.2) is 22.1 Å². The Balaban J connectivity index is 2.44. The Bertz CT molecular complexity index is 905. The molecule has 6 nitrogen and oxygen atoms in total. The van der Waals surface area contributed by atoms with Crippen molar-refractivity contribution in [3.63, 3.8) is 0 Å². The first kappa shape index (κ1) is 19.3. The third-order valence-corrected chi connectivity index (χ3v) is 4.23. The Morgan fingerprint density at radius 3 is 2.46 bits per heavy atom. The van der Waals surface area contributed by atoms with E-state index in [9.17, 15) is 20.0 Å². The van der Waals surface area contributed by atoms with Crippen LogP contribution in [0.25, 0.3) is 0 Å². The first-order valence-corrected chi connectivity index (χ1v) is 8.60. The lowest BCUT2D eigenvalue weighted by atomic mass is 9.97. The number of hydrogen-bond donors (Lipinski definition) is 1. The van der Waals surface area contributed by atoms with Gasteiger partial charge in [-0.05, 0) is 50.1 Å². The average molecular weight is 354 g/mol. The minimum absolute atomic E-state index is 0.0253. The number of benzene rings is 1. The zero-order valence-corrected chi connectivity index (χ0v) is 15.2. The van der Waals surface area contributed by atoms with Gasteiger partial charge >= 0.3 is 0 Å². The summed E-state index contributed by atoms with van der Waals surface area (Å²) in [5, 5.41) is 19.7. The van der Waals surface area contributed by atoms with Crippen LogP contribution in [0.1, 0.15) is 53.7 Å². The summed E-state index contributed by atoms with van der Waals surface area (Å²) in [6.45, 7) is 6.00. The topological polar surface area (TPSA) is 92.3 Å². The number of aromatic hydroxyl groups is 1. The van der Waals surface area contributed by atoms with Crippen molar-refractivity contribution in [2.24, 2.45) is 0 Å². The molecule has 2 aromatic rings. The second kappa shape index (κ2) is 8.34. The molecule has 0 unspecified atom stereocenters. The number of ether oxygens (including phenoxy) is 1. The van der Waals surface area contributed by atoms with Gasteiger partial charge in [-0.3, -0.25) is 14.2 Å². The number of nitriles is 1. The van der Waals surface area contributed by atoms with E-state index in [1.807, 2.05) is 6.07 Å². The molecular weight excluding hydrogens is 332 g/mol. The van der Waals surface area contributed by atoms with Crippen molar-refractivity contribution in [3.8, 4) is 17.7 Å². The fourth-order valence-corrected chi connectivity index (χ4v) is 2.70. The zero-order valence-electron chi connectivity index (χ0n) is 15.2. The fourth-order valence-electron chi connectivity index (χ4n) is 2.70. The highest BCUT2D eigenvalue weighted by Gasteiger charge is 2.24. The van der Waals surface area contributed by atoms with E-state index >= 15 is 0 Å². The van der Waals surface area contributed by atoms with Gasteiger partial charge in [0, 0.05) is 12.1 Å². The van der Waals surface area contributed by atoms with E-state index in [2.05, 4.69) is 6.92 Å². The highest BCUT2D eigenvalue weighted by atomic mass is 16.5. The number of carbonyl (C=O) groups excluding carboxylic acids is 1. The molecule has 0 atom stereocenters. The van der Waals surface area contributed by atoms with E-state index in [1.165, 1.54) is 6.92 Å². The summed E-state index contributed by atoms with van der Waals surface area (Å²) < 4.78 is 6.60. The number of ketones is 1. The minimum atomic E-state index is -0.596. The van der Waals surface area contributed by atoms with Gasteiger partial charge in [-0.25, -0.2) is 0 Å². The van der Waals surface area contributed by atoms with E-state index in [0.29, 0.717) is 17.9 Å². The molecule has 2 rings (SSSR count). The van der Waals surface area contributed by atoms with Crippen LogP contribution in [0.2, 0.25) is 0 Å². The van der Waals surface area contributed by atoms with Crippen LogP contribution in [0.15, 0.2) is 29.1 Å². The molecular formula is C20H22N2O4. The molecule has 0 aliphatic heterocycles. The summed E-state index contributed by atoms with van der Waals surface area (Å²) in [6.07, 6.45) is 1.98. The summed E-state index contributed by atoms with van der Waals surface area (Å²) >= 11 is 0. The van der Waals surface area contributed by atoms with Crippen LogP contribution < -0.4 is 10.3 Å². The Hall–Kier alpha value is -3.07. The number of pyridine rings is 1. The Kier molecular flexibility index (Phi) is 6.18. The maximum atomic E-state index is 12.9. The van der Waals surface area contributed by atoms with Crippen LogP contribution in [0.3, 0.4) is 0 Å². The number of hydrogen-bond acceptors (Lipinski definition) is 5. The standard InChI is InChI=1S/C20H22N2O4/c1-4-6-11-26-15-9-7-14(8-10-15)18(23)17-13(3)16(12-21)19(24)22(5-2)20(17)25/h7-10,25H,4-6,11H2,1-3H3. The molecule has 0 fully saturated rings. The Morgan fingerprint density at radius 2 is 1.92 bits per heavy atom. The first-order valence-electron chi connectivity index (χ1n) is 8.60. The van der Waals surface area contributed by atoms with E-state index in [-0.39, 0.29) is 23.2 Å².